The Morgan fingerprint density at radius 3 is 2.63 bits per heavy atom. The van der Waals surface area contributed by atoms with Gasteiger partial charge in [-0.1, -0.05) is 0 Å². The van der Waals surface area contributed by atoms with Crippen molar-refractivity contribution in [3.63, 3.8) is 0 Å². The normalized spacial score (nSPS) is 13.1. The SMILES string of the molecule is O=C(c1cccnc1)c1cc2c(cc1Br)OCCO2. The minimum atomic E-state index is -0.100. The Morgan fingerprint density at radius 1 is 1.21 bits per heavy atom. The highest BCUT2D eigenvalue weighted by atomic mass is 79.9. The summed E-state index contributed by atoms with van der Waals surface area (Å²) in [6.07, 6.45) is 3.18. The lowest BCUT2D eigenvalue weighted by molar-refractivity contribution is 0.103. The molecule has 5 heteroatoms. The molecule has 1 aliphatic rings. The number of nitrogens with zero attached hydrogens (tertiary/aromatic N) is 1. The number of fused-ring (bicyclic) bond motifs is 1. The zero-order valence-electron chi connectivity index (χ0n) is 9.93. The maximum absolute atomic E-state index is 12.4. The minimum absolute atomic E-state index is 0.100. The fourth-order valence-corrected chi connectivity index (χ4v) is 2.39. The lowest BCUT2D eigenvalue weighted by Gasteiger charge is -2.19. The van der Waals surface area contributed by atoms with E-state index in [1.54, 1.807) is 36.7 Å². The predicted molar refractivity (Wildman–Crippen MR) is 72.8 cm³/mol. The Morgan fingerprint density at radius 2 is 1.95 bits per heavy atom. The second-order valence-corrected chi connectivity index (χ2v) is 4.90. The first kappa shape index (κ1) is 12.2. The number of benzene rings is 1. The van der Waals surface area contributed by atoms with Crippen LogP contribution in [-0.4, -0.2) is 24.0 Å². The Hall–Kier alpha value is -1.88. The first-order valence-corrected chi connectivity index (χ1v) is 6.59. The number of hydrogen-bond acceptors (Lipinski definition) is 4. The van der Waals surface area contributed by atoms with Crippen LogP contribution in [0.15, 0.2) is 41.1 Å². The summed E-state index contributed by atoms with van der Waals surface area (Å²) in [5.41, 5.74) is 1.08. The molecule has 1 aromatic carbocycles. The fourth-order valence-electron chi connectivity index (χ4n) is 1.89. The summed E-state index contributed by atoms with van der Waals surface area (Å²) < 4.78 is 11.6. The Balaban J connectivity index is 2.03. The van der Waals surface area contributed by atoms with Crippen molar-refractivity contribution in [2.75, 3.05) is 13.2 Å². The molecule has 0 aliphatic carbocycles. The topological polar surface area (TPSA) is 48.4 Å². The summed E-state index contributed by atoms with van der Waals surface area (Å²) in [6.45, 7) is 1.02. The van der Waals surface area contributed by atoms with Gasteiger partial charge in [0.05, 0.1) is 0 Å². The molecule has 4 nitrogen and oxygen atoms in total. The molecule has 96 valence electrons. The number of hydrogen-bond donors (Lipinski definition) is 0. The summed E-state index contributed by atoms with van der Waals surface area (Å²) in [4.78, 5) is 16.3. The molecular weight excluding hydrogens is 310 g/mol. The highest BCUT2D eigenvalue weighted by Gasteiger charge is 2.19. The third-order valence-electron chi connectivity index (χ3n) is 2.80. The molecule has 0 bridgehead atoms. The van der Waals surface area contributed by atoms with Crippen molar-refractivity contribution in [1.82, 2.24) is 4.98 Å². The molecule has 0 saturated carbocycles. The molecule has 0 N–H and O–H groups in total. The fraction of sp³-hybridized carbons (Fsp3) is 0.143. The van der Waals surface area contributed by atoms with Crippen LogP contribution in [0.3, 0.4) is 0 Å². The van der Waals surface area contributed by atoms with E-state index in [2.05, 4.69) is 20.9 Å². The van der Waals surface area contributed by atoms with Crippen LogP contribution in [-0.2, 0) is 0 Å². The molecule has 0 spiro atoms. The molecule has 19 heavy (non-hydrogen) atoms. The van der Waals surface area contributed by atoms with Crippen molar-refractivity contribution in [2.24, 2.45) is 0 Å². The molecule has 2 aromatic rings. The Labute approximate surface area is 118 Å². The van der Waals surface area contributed by atoms with Crippen LogP contribution in [0.1, 0.15) is 15.9 Å². The van der Waals surface area contributed by atoms with Crippen LogP contribution >= 0.6 is 15.9 Å². The van der Waals surface area contributed by atoms with Gasteiger partial charge >= 0.3 is 0 Å². The average Bonchev–Trinajstić information content (AvgIpc) is 2.47. The van der Waals surface area contributed by atoms with Crippen LogP contribution in [0.25, 0.3) is 0 Å². The van der Waals surface area contributed by atoms with Gasteiger partial charge in [0, 0.05) is 28.0 Å². The van der Waals surface area contributed by atoms with E-state index in [4.69, 9.17) is 9.47 Å². The smallest absolute Gasteiger partial charge is 0.195 e. The standard InChI is InChI=1S/C14H10BrNO3/c15-11-7-13-12(18-4-5-19-13)6-10(11)14(17)9-2-1-3-16-8-9/h1-3,6-8H,4-5H2. The molecule has 0 radical (unpaired) electrons. The molecule has 1 aliphatic heterocycles. The van der Waals surface area contributed by atoms with E-state index in [9.17, 15) is 4.79 Å². The number of ketones is 1. The number of carbonyl (C=O) groups excluding carboxylic acids is 1. The van der Waals surface area contributed by atoms with E-state index in [-0.39, 0.29) is 5.78 Å². The minimum Gasteiger partial charge on any atom is -0.486 e. The summed E-state index contributed by atoms with van der Waals surface area (Å²) in [7, 11) is 0. The predicted octanol–water partition coefficient (Wildman–Crippen LogP) is 2.85. The van der Waals surface area contributed by atoms with E-state index < -0.39 is 0 Å². The van der Waals surface area contributed by atoms with Gasteiger partial charge in [0.1, 0.15) is 13.2 Å². The Bertz CT molecular complexity index is 628. The second-order valence-electron chi connectivity index (χ2n) is 4.05. The molecule has 0 atom stereocenters. The first-order valence-electron chi connectivity index (χ1n) is 5.79. The molecular formula is C14H10BrNO3. The zero-order valence-corrected chi connectivity index (χ0v) is 11.5. The largest absolute Gasteiger partial charge is 0.486 e. The van der Waals surface area contributed by atoms with E-state index >= 15 is 0 Å². The van der Waals surface area contributed by atoms with Crippen LogP contribution in [0.2, 0.25) is 0 Å². The number of carbonyl (C=O) groups is 1. The monoisotopic (exact) mass is 319 g/mol. The summed E-state index contributed by atoms with van der Waals surface area (Å²) in [5.74, 6) is 1.15. The van der Waals surface area contributed by atoms with E-state index in [0.29, 0.717) is 40.3 Å². The molecule has 0 amide bonds. The molecule has 3 rings (SSSR count). The van der Waals surface area contributed by atoms with Gasteiger partial charge in [-0.05, 0) is 40.2 Å². The zero-order chi connectivity index (χ0) is 13.2. The van der Waals surface area contributed by atoms with Gasteiger partial charge in [-0.15, -0.1) is 0 Å². The first-order chi connectivity index (χ1) is 9.25. The number of pyridine rings is 1. The highest BCUT2D eigenvalue weighted by Crippen LogP contribution is 2.36. The maximum atomic E-state index is 12.4. The number of ether oxygens (including phenoxy) is 2. The number of halogens is 1. The van der Waals surface area contributed by atoms with Crippen molar-refractivity contribution in [2.45, 2.75) is 0 Å². The van der Waals surface area contributed by atoms with Crippen LogP contribution < -0.4 is 9.47 Å². The lowest BCUT2D eigenvalue weighted by atomic mass is 10.0. The lowest BCUT2D eigenvalue weighted by Crippen LogP contribution is -2.16. The van der Waals surface area contributed by atoms with Crippen LogP contribution in [0.4, 0.5) is 0 Å². The van der Waals surface area contributed by atoms with Gasteiger partial charge in [0.25, 0.3) is 0 Å². The van der Waals surface area contributed by atoms with Crippen LogP contribution in [0.5, 0.6) is 11.5 Å². The third kappa shape index (κ3) is 2.33. The summed E-state index contributed by atoms with van der Waals surface area (Å²) >= 11 is 3.40. The van der Waals surface area contributed by atoms with E-state index in [1.807, 2.05) is 0 Å². The molecule has 1 aromatic heterocycles. The third-order valence-corrected chi connectivity index (χ3v) is 3.46. The average molecular weight is 320 g/mol. The van der Waals surface area contributed by atoms with Crippen molar-refractivity contribution < 1.29 is 14.3 Å². The number of aromatic nitrogens is 1. The van der Waals surface area contributed by atoms with E-state index in [0.717, 1.165) is 0 Å². The van der Waals surface area contributed by atoms with Gasteiger partial charge in [-0.3, -0.25) is 9.78 Å². The number of rotatable bonds is 2. The van der Waals surface area contributed by atoms with Crippen molar-refractivity contribution in [1.29, 1.82) is 0 Å². The van der Waals surface area contributed by atoms with Crippen molar-refractivity contribution in [3.8, 4) is 11.5 Å². The van der Waals surface area contributed by atoms with Crippen molar-refractivity contribution >= 4 is 21.7 Å². The van der Waals surface area contributed by atoms with Crippen molar-refractivity contribution in [3.05, 3.63) is 52.3 Å². The summed E-state index contributed by atoms with van der Waals surface area (Å²) in [6, 6.07) is 6.93. The molecule has 0 fully saturated rings. The quantitative estimate of drug-likeness (QED) is 0.799. The van der Waals surface area contributed by atoms with Gasteiger partial charge in [0.2, 0.25) is 0 Å². The van der Waals surface area contributed by atoms with Gasteiger partial charge in [-0.25, -0.2) is 0 Å². The Kier molecular flexibility index (Phi) is 3.21. The molecule has 0 unspecified atom stereocenters. The second kappa shape index (κ2) is 5.01. The van der Waals surface area contributed by atoms with Crippen LogP contribution in [0, 0.1) is 0 Å². The summed E-state index contributed by atoms with van der Waals surface area (Å²) in [5, 5.41) is 0. The molecule has 2 heterocycles. The van der Waals surface area contributed by atoms with Gasteiger partial charge < -0.3 is 9.47 Å². The maximum Gasteiger partial charge on any atom is 0.195 e. The van der Waals surface area contributed by atoms with E-state index in [1.165, 1.54) is 0 Å². The van der Waals surface area contributed by atoms with Gasteiger partial charge in [-0.2, -0.15) is 0 Å². The van der Waals surface area contributed by atoms with Gasteiger partial charge in [0.15, 0.2) is 17.3 Å². The highest BCUT2D eigenvalue weighted by molar-refractivity contribution is 9.10. The molecule has 0 saturated heterocycles.